The Morgan fingerprint density at radius 3 is 2.95 bits per heavy atom. The molecule has 108 valence electrons. The Hall–Kier alpha value is -0.950. The van der Waals surface area contributed by atoms with Crippen LogP contribution in [0.5, 0.6) is 0 Å². The quantitative estimate of drug-likeness (QED) is 0.678. The molecule has 0 spiro atoms. The van der Waals surface area contributed by atoms with Crippen molar-refractivity contribution in [3.05, 3.63) is 16.3 Å². The Bertz CT molecular complexity index is 404. The van der Waals surface area contributed by atoms with Gasteiger partial charge in [0, 0.05) is 45.0 Å². The molecule has 0 saturated heterocycles. The summed E-state index contributed by atoms with van der Waals surface area (Å²) in [6.07, 6.45) is 0.583. The average molecular weight is 286 g/mol. The average Bonchev–Trinajstić information content (AvgIpc) is 2.73. The van der Waals surface area contributed by atoms with Gasteiger partial charge in [0.1, 0.15) is 0 Å². The molecule has 1 amide bonds. The van der Waals surface area contributed by atoms with Gasteiger partial charge in [-0.15, -0.1) is 11.3 Å². The van der Waals surface area contributed by atoms with Crippen molar-refractivity contribution in [3.63, 3.8) is 0 Å². The van der Waals surface area contributed by atoms with E-state index >= 15 is 0 Å². The molecule has 0 fully saturated rings. The highest BCUT2D eigenvalue weighted by Gasteiger charge is 2.19. The molecule has 0 aliphatic carbocycles. The number of amides is 1. The zero-order valence-electron chi connectivity index (χ0n) is 11.7. The summed E-state index contributed by atoms with van der Waals surface area (Å²) in [6.45, 7) is 4.90. The zero-order chi connectivity index (χ0) is 14.3. The van der Waals surface area contributed by atoms with Crippen LogP contribution >= 0.6 is 11.3 Å². The fourth-order valence-corrected chi connectivity index (χ4v) is 2.43. The Morgan fingerprint density at radius 2 is 2.32 bits per heavy atom. The number of aliphatic hydroxyl groups is 1. The Balaban J connectivity index is 2.40. The molecule has 0 aliphatic heterocycles. The highest BCUT2D eigenvalue weighted by molar-refractivity contribution is 7.10. The SMILES string of the molecule is COCCC(C)(O)CNCc1sccc1NC(C)=O. The number of carbonyl (C=O) groups excluding carboxylic acids is 1. The number of methoxy groups -OCH3 is 1. The second-order valence-corrected chi connectivity index (χ2v) is 5.78. The Morgan fingerprint density at radius 1 is 1.58 bits per heavy atom. The summed E-state index contributed by atoms with van der Waals surface area (Å²) in [7, 11) is 1.62. The third kappa shape index (κ3) is 6.15. The fraction of sp³-hybridized carbons (Fsp3) is 0.615. The van der Waals surface area contributed by atoms with Gasteiger partial charge in [0.05, 0.1) is 11.3 Å². The van der Waals surface area contributed by atoms with Crippen LogP contribution in [0.4, 0.5) is 5.69 Å². The van der Waals surface area contributed by atoms with Crippen LogP contribution in [0.1, 0.15) is 25.1 Å². The number of rotatable bonds is 8. The van der Waals surface area contributed by atoms with Crippen LogP contribution in [0, 0.1) is 0 Å². The molecule has 5 nitrogen and oxygen atoms in total. The number of anilines is 1. The van der Waals surface area contributed by atoms with E-state index in [0.717, 1.165) is 10.6 Å². The van der Waals surface area contributed by atoms with E-state index in [2.05, 4.69) is 10.6 Å². The maximum absolute atomic E-state index is 11.0. The highest BCUT2D eigenvalue weighted by Crippen LogP contribution is 2.22. The van der Waals surface area contributed by atoms with Gasteiger partial charge in [-0.3, -0.25) is 4.79 Å². The first-order valence-electron chi connectivity index (χ1n) is 6.20. The first-order valence-corrected chi connectivity index (χ1v) is 7.08. The molecule has 1 atom stereocenters. The van der Waals surface area contributed by atoms with E-state index in [-0.39, 0.29) is 5.91 Å². The van der Waals surface area contributed by atoms with Crippen molar-refractivity contribution in [2.75, 3.05) is 25.6 Å². The summed E-state index contributed by atoms with van der Waals surface area (Å²) < 4.78 is 4.96. The Labute approximate surface area is 118 Å². The van der Waals surface area contributed by atoms with Gasteiger partial charge in [0.2, 0.25) is 5.91 Å². The molecular weight excluding hydrogens is 264 g/mol. The van der Waals surface area contributed by atoms with Crippen molar-refractivity contribution >= 4 is 22.9 Å². The molecule has 6 heteroatoms. The van der Waals surface area contributed by atoms with Gasteiger partial charge in [-0.1, -0.05) is 0 Å². The Kier molecular flexibility index (Phi) is 6.44. The minimum absolute atomic E-state index is 0.0771. The van der Waals surface area contributed by atoms with Crippen LogP contribution < -0.4 is 10.6 Å². The fourth-order valence-electron chi connectivity index (χ4n) is 1.63. The molecule has 19 heavy (non-hydrogen) atoms. The van der Waals surface area contributed by atoms with Gasteiger partial charge in [-0.2, -0.15) is 0 Å². The van der Waals surface area contributed by atoms with Gasteiger partial charge in [0.25, 0.3) is 0 Å². The summed E-state index contributed by atoms with van der Waals surface area (Å²) >= 11 is 1.58. The second kappa shape index (κ2) is 7.59. The summed E-state index contributed by atoms with van der Waals surface area (Å²) in [5, 5.41) is 18.0. The van der Waals surface area contributed by atoms with Crippen molar-refractivity contribution in [2.24, 2.45) is 0 Å². The van der Waals surface area contributed by atoms with Crippen molar-refractivity contribution in [1.82, 2.24) is 5.32 Å². The van der Waals surface area contributed by atoms with Crippen molar-refractivity contribution in [2.45, 2.75) is 32.4 Å². The molecule has 0 aromatic carbocycles. The smallest absolute Gasteiger partial charge is 0.221 e. The van der Waals surface area contributed by atoms with E-state index < -0.39 is 5.60 Å². The van der Waals surface area contributed by atoms with Crippen LogP contribution in [0.25, 0.3) is 0 Å². The van der Waals surface area contributed by atoms with Crippen LogP contribution in [-0.2, 0) is 16.1 Å². The number of nitrogens with one attached hydrogen (secondary N) is 2. The summed E-state index contributed by atoms with van der Waals surface area (Å²) in [4.78, 5) is 12.1. The minimum atomic E-state index is -0.790. The van der Waals surface area contributed by atoms with Gasteiger partial charge in [-0.05, 0) is 18.4 Å². The first kappa shape index (κ1) is 16.1. The lowest BCUT2D eigenvalue weighted by molar-refractivity contribution is -0.114. The zero-order valence-corrected chi connectivity index (χ0v) is 12.5. The number of thiophene rings is 1. The standard InChI is InChI=1S/C13H22N2O3S/c1-10(16)15-11-4-7-19-12(11)8-14-9-13(2,17)5-6-18-3/h4,7,14,17H,5-6,8-9H2,1-3H3,(H,15,16). The van der Waals surface area contributed by atoms with E-state index in [0.29, 0.717) is 26.1 Å². The third-order valence-corrected chi connectivity index (χ3v) is 3.61. The number of hydrogen-bond acceptors (Lipinski definition) is 5. The van der Waals surface area contributed by atoms with Gasteiger partial charge in [-0.25, -0.2) is 0 Å². The van der Waals surface area contributed by atoms with Crippen molar-refractivity contribution in [1.29, 1.82) is 0 Å². The van der Waals surface area contributed by atoms with Gasteiger partial charge in [0.15, 0.2) is 0 Å². The van der Waals surface area contributed by atoms with Gasteiger partial charge >= 0.3 is 0 Å². The van der Waals surface area contributed by atoms with E-state index in [1.807, 2.05) is 11.4 Å². The second-order valence-electron chi connectivity index (χ2n) is 4.78. The predicted molar refractivity (Wildman–Crippen MR) is 77.4 cm³/mol. The monoisotopic (exact) mass is 286 g/mol. The third-order valence-electron chi connectivity index (χ3n) is 2.69. The highest BCUT2D eigenvalue weighted by atomic mass is 32.1. The molecule has 0 saturated carbocycles. The van der Waals surface area contributed by atoms with Crippen LogP contribution in [-0.4, -0.2) is 36.9 Å². The van der Waals surface area contributed by atoms with Crippen LogP contribution in [0.3, 0.4) is 0 Å². The molecule has 0 bridgehead atoms. The summed E-state index contributed by atoms with van der Waals surface area (Å²) in [5.74, 6) is -0.0771. The molecule has 1 aromatic rings. The molecule has 0 aliphatic rings. The molecule has 1 unspecified atom stereocenters. The largest absolute Gasteiger partial charge is 0.389 e. The predicted octanol–water partition coefficient (Wildman–Crippen LogP) is 1.58. The maximum Gasteiger partial charge on any atom is 0.221 e. The molecule has 1 heterocycles. The molecular formula is C13H22N2O3S. The number of hydrogen-bond donors (Lipinski definition) is 3. The first-order chi connectivity index (χ1) is 8.94. The van der Waals surface area contributed by atoms with E-state index in [1.54, 1.807) is 25.4 Å². The molecule has 3 N–H and O–H groups in total. The molecule has 1 aromatic heterocycles. The van der Waals surface area contributed by atoms with Crippen LogP contribution in [0.2, 0.25) is 0 Å². The lowest BCUT2D eigenvalue weighted by Crippen LogP contribution is -2.38. The maximum atomic E-state index is 11.0. The number of carbonyl (C=O) groups is 1. The van der Waals surface area contributed by atoms with Crippen molar-refractivity contribution in [3.8, 4) is 0 Å². The van der Waals surface area contributed by atoms with Gasteiger partial charge < -0.3 is 20.5 Å². The lowest BCUT2D eigenvalue weighted by Gasteiger charge is -2.23. The van der Waals surface area contributed by atoms with Crippen LogP contribution in [0.15, 0.2) is 11.4 Å². The lowest BCUT2D eigenvalue weighted by atomic mass is 10.0. The van der Waals surface area contributed by atoms with E-state index in [4.69, 9.17) is 4.74 Å². The number of ether oxygens (including phenoxy) is 1. The molecule has 0 radical (unpaired) electrons. The topological polar surface area (TPSA) is 70.6 Å². The normalized spacial score (nSPS) is 14.1. The van der Waals surface area contributed by atoms with E-state index in [1.165, 1.54) is 6.92 Å². The summed E-state index contributed by atoms with van der Waals surface area (Å²) in [6, 6.07) is 1.88. The van der Waals surface area contributed by atoms with Crippen molar-refractivity contribution < 1.29 is 14.6 Å². The summed E-state index contributed by atoms with van der Waals surface area (Å²) in [5.41, 5.74) is 0.0445. The van der Waals surface area contributed by atoms with E-state index in [9.17, 15) is 9.90 Å². The molecule has 1 rings (SSSR count). The minimum Gasteiger partial charge on any atom is -0.389 e.